The number of halogens is 1. The topological polar surface area (TPSA) is 26.0 Å². The summed E-state index contributed by atoms with van der Waals surface area (Å²) in [5, 5.41) is 0.729. The van der Waals surface area contributed by atoms with Gasteiger partial charge in [-0.2, -0.15) is 0 Å². The fraction of sp³-hybridized carbons (Fsp3) is 0.300. The molecule has 1 unspecified atom stereocenters. The lowest BCUT2D eigenvalue weighted by molar-refractivity contribution is 0.417. The Morgan fingerprint density at radius 2 is 2.54 bits per heavy atom. The number of oxazole rings is 1. The molecule has 0 bridgehead atoms. The summed E-state index contributed by atoms with van der Waals surface area (Å²) in [5.41, 5.74) is 1.28. The van der Waals surface area contributed by atoms with Crippen molar-refractivity contribution in [2.45, 2.75) is 19.5 Å². The largest absolute Gasteiger partial charge is 0.437 e. The van der Waals surface area contributed by atoms with E-state index in [1.165, 1.54) is 6.08 Å². The van der Waals surface area contributed by atoms with Gasteiger partial charge in [0.25, 0.3) is 0 Å². The van der Waals surface area contributed by atoms with Crippen LogP contribution < -0.4 is 10.8 Å². The predicted octanol–water partition coefficient (Wildman–Crippen LogP) is 1.01. The van der Waals surface area contributed by atoms with Crippen LogP contribution in [0.15, 0.2) is 11.0 Å². The lowest BCUT2D eigenvalue weighted by Gasteiger charge is -1.97. The van der Waals surface area contributed by atoms with Crippen LogP contribution in [0.2, 0.25) is 0 Å². The van der Waals surface area contributed by atoms with Crippen LogP contribution in [-0.4, -0.2) is 11.2 Å². The average Bonchev–Trinajstić information content (AvgIpc) is 2.46. The SMILES string of the molecule is C=C(C)c1nc2c(o1)=CC(F)CC=2. The normalized spacial score (nSPS) is 20.0. The summed E-state index contributed by atoms with van der Waals surface area (Å²) >= 11 is 0. The highest BCUT2D eigenvalue weighted by Crippen LogP contribution is 2.06. The molecule has 1 aromatic rings. The van der Waals surface area contributed by atoms with Crippen molar-refractivity contribution in [2.24, 2.45) is 0 Å². The third-order valence-electron chi connectivity index (χ3n) is 1.91. The summed E-state index contributed by atoms with van der Waals surface area (Å²) in [6, 6.07) is 0. The second-order valence-electron chi connectivity index (χ2n) is 3.17. The highest BCUT2D eigenvalue weighted by atomic mass is 19.1. The highest BCUT2D eigenvalue weighted by molar-refractivity contribution is 5.53. The molecule has 0 fully saturated rings. The van der Waals surface area contributed by atoms with Crippen molar-refractivity contribution >= 4 is 17.7 Å². The van der Waals surface area contributed by atoms with Crippen molar-refractivity contribution in [3.05, 3.63) is 23.2 Å². The Balaban J connectivity index is 2.63. The molecule has 68 valence electrons. The van der Waals surface area contributed by atoms with E-state index in [1.807, 2.05) is 6.92 Å². The van der Waals surface area contributed by atoms with Gasteiger partial charge in [0.2, 0.25) is 5.89 Å². The second-order valence-corrected chi connectivity index (χ2v) is 3.17. The van der Waals surface area contributed by atoms with Gasteiger partial charge in [0.1, 0.15) is 11.5 Å². The molecule has 2 nitrogen and oxygen atoms in total. The van der Waals surface area contributed by atoms with E-state index in [0.717, 1.165) is 10.9 Å². The number of alkyl halides is 1. The predicted molar refractivity (Wildman–Crippen MR) is 48.9 cm³/mol. The number of aromatic nitrogens is 1. The summed E-state index contributed by atoms with van der Waals surface area (Å²) in [4.78, 5) is 4.17. The van der Waals surface area contributed by atoms with Crippen molar-refractivity contribution < 1.29 is 8.81 Å². The van der Waals surface area contributed by atoms with E-state index in [4.69, 9.17) is 4.42 Å². The Bertz CT molecular complexity index is 458. The van der Waals surface area contributed by atoms with Crippen LogP contribution in [0.25, 0.3) is 17.7 Å². The summed E-state index contributed by atoms with van der Waals surface area (Å²) in [5.74, 6) is 0.492. The van der Waals surface area contributed by atoms with Gasteiger partial charge in [0, 0.05) is 12.0 Å². The van der Waals surface area contributed by atoms with Crippen molar-refractivity contribution in [2.75, 3.05) is 0 Å². The van der Waals surface area contributed by atoms with Crippen LogP contribution in [0.1, 0.15) is 19.2 Å². The molecule has 1 heterocycles. The van der Waals surface area contributed by atoms with Crippen LogP contribution >= 0.6 is 0 Å². The monoisotopic (exact) mass is 179 g/mol. The number of hydrogen-bond donors (Lipinski definition) is 0. The van der Waals surface area contributed by atoms with Crippen LogP contribution in [0.3, 0.4) is 0 Å². The van der Waals surface area contributed by atoms with E-state index >= 15 is 0 Å². The van der Waals surface area contributed by atoms with Gasteiger partial charge < -0.3 is 4.42 Å². The molecule has 2 rings (SSSR count). The minimum atomic E-state index is -0.946. The molecular formula is C10H10FNO. The van der Waals surface area contributed by atoms with Crippen LogP contribution in [0.5, 0.6) is 0 Å². The Kier molecular flexibility index (Phi) is 1.79. The lowest BCUT2D eigenvalue weighted by Crippen LogP contribution is -2.27. The van der Waals surface area contributed by atoms with Gasteiger partial charge in [-0.25, -0.2) is 9.37 Å². The highest BCUT2D eigenvalue weighted by Gasteiger charge is 2.10. The smallest absolute Gasteiger partial charge is 0.222 e. The van der Waals surface area contributed by atoms with Crippen LogP contribution in [0, 0.1) is 0 Å². The van der Waals surface area contributed by atoms with Crippen LogP contribution in [-0.2, 0) is 0 Å². The molecule has 0 aliphatic heterocycles. The maximum atomic E-state index is 12.9. The molecule has 0 amide bonds. The number of hydrogen-bond acceptors (Lipinski definition) is 2. The first-order chi connectivity index (χ1) is 6.16. The zero-order valence-corrected chi connectivity index (χ0v) is 7.38. The lowest BCUT2D eigenvalue weighted by atomic mass is 10.2. The second kappa shape index (κ2) is 2.83. The Morgan fingerprint density at radius 3 is 3.23 bits per heavy atom. The number of allylic oxidation sites excluding steroid dienone is 1. The minimum absolute atomic E-state index is 0.384. The van der Waals surface area contributed by atoms with Gasteiger partial charge in [0.15, 0.2) is 5.42 Å². The standard InChI is InChI=1S/C10H10FNO/c1-6(2)10-12-8-4-3-7(11)5-9(8)13-10/h4-5,7H,1,3H2,2H3. The molecule has 0 radical (unpaired) electrons. The first kappa shape index (κ1) is 8.23. The zero-order valence-electron chi connectivity index (χ0n) is 7.38. The maximum absolute atomic E-state index is 12.9. The van der Waals surface area contributed by atoms with E-state index in [9.17, 15) is 4.39 Å². The molecule has 1 aliphatic rings. The third kappa shape index (κ3) is 1.41. The zero-order chi connectivity index (χ0) is 9.42. The van der Waals surface area contributed by atoms with E-state index in [0.29, 0.717) is 17.7 Å². The summed E-state index contributed by atoms with van der Waals surface area (Å²) < 4.78 is 18.2. The first-order valence-electron chi connectivity index (χ1n) is 4.15. The molecule has 13 heavy (non-hydrogen) atoms. The maximum Gasteiger partial charge on any atom is 0.222 e. The molecule has 3 heteroatoms. The fourth-order valence-electron chi connectivity index (χ4n) is 1.25. The summed E-state index contributed by atoms with van der Waals surface area (Å²) in [7, 11) is 0. The van der Waals surface area contributed by atoms with Gasteiger partial charge in [-0.05, 0) is 13.0 Å². The summed E-state index contributed by atoms with van der Waals surface area (Å²) in [6.45, 7) is 5.52. The fourth-order valence-corrected chi connectivity index (χ4v) is 1.25. The van der Waals surface area contributed by atoms with Crippen molar-refractivity contribution in [3.8, 4) is 0 Å². The molecule has 0 aromatic carbocycles. The van der Waals surface area contributed by atoms with E-state index < -0.39 is 6.17 Å². The van der Waals surface area contributed by atoms with Gasteiger partial charge in [0.05, 0.1) is 0 Å². The van der Waals surface area contributed by atoms with E-state index in [1.54, 1.807) is 6.08 Å². The third-order valence-corrected chi connectivity index (χ3v) is 1.91. The van der Waals surface area contributed by atoms with Crippen LogP contribution in [0.4, 0.5) is 4.39 Å². The Labute approximate surface area is 75.1 Å². The van der Waals surface area contributed by atoms with Gasteiger partial charge in [-0.15, -0.1) is 0 Å². The van der Waals surface area contributed by atoms with Crippen molar-refractivity contribution in [1.82, 2.24) is 4.98 Å². The van der Waals surface area contributed by atoms with Crippen molar-refractivity contribution in [3.63, 3.8) is 0 Å². The van der Waals surface area contributed by atoms with Gasteiger partial charge in [-0.1, -0.05) is 12.7 Å². The number of rotatable bonds is 1. The van der Waals surface area contributed by atoms with Gasteiger partial charge >= 0.3 is 0 Å². The molecule has 0 spiro atoms. The molecule has 1 aliphatic carbocycles. The summed E-state index contributed by atoms with van der Waals surface area (Å²) in [6.07, 6.45) is 2.64. The Morgan fingerprint density at radius 1 is 1.77 bits per heavy atom. The molecule has 0 saturated carbocycles. The van der Waals surface area contributed by atoms with Gasteiger partial charge in [-0.3, -0.25) is 0 Å². The van der Waals surface area contributed by atoms with E-state index in [2.05, 4.69) is 11.6 Å². The average molecular weight is 179 g/mol. The van der Waals surface area contributed by atoms with Crippen molar-refractivity contribution in [1.29, 1.82) is 0 Å². The molecule has 0 saturated heterocycles. The molecule has 1 aromatic heterocycles. The number of nitrogens with zero attached hydrogens (tertiary/aromatic N) is 1. The number of fused-ring (bicyclic) bond motifs is 1. The quantitative estimate of drug-likeness (QED) is 0.643. The molecular weight excluding hydrogens is 169 g/mol. The molecule has 0 N–H and O–H groups in total. The van der Waals surface area contributed by atoms with E-state index in [-0.39, 0.29) is 0 Å². The first-order valence-corrected chi connectivity index (χ1v) is 4.15. The molecule has 1 atom stereocenters. The minimum Gasteiger partial charge on any atom is -0.437 e. The Hall–Kier alpha value is -1.38.